The molecule has 2 rings (SSSR count). The number of aryl methyl sites for hydroxylation is 1. The van der Waals surface area contributed by atoms with Crippen molar-refractivity contribution < 1.29 is 37.3 Å². The number of hydrogen-bond acceptors (Lipinski definition) is 6. The topological polar surface area (TPSA) is 91.3 Å². The maximum absolute atomic E-state index is 12.6. The van der Waals surface area contributed by atoms with Crippen LogP contribution < -0.4 is 5.32 Å². The first kappa shape index (κ1) is 24.7. The summed E-state index contributed by atoms with van der Waals surface area (Å²) < 4.78 is 47.2. The Morgan fingerprint density at radius 1 is 1.23 bits per heavy atom. The van der Waals surface area contributed by atoms with E-state index in [0.29, 0.717) is 26.2 Å². The molecular formula is C20H28F3N3O5. The molecule has 1 fully saturated rings. The number of nitrogens with one attached hydrogen (secondary N) is 1. The summed E-state index contributed by atoms with van der Waals surface area (Å²) in [5.41, 5.74) is 2.98. The van der Waals surface area contributed by atoms with E-state index in [4.69, 9.17) is 9.84 Å². The summed E-state index contributed by atoms with van der Waals surface area (Å²) in [6, 6.07) is 5.95. The third kappa shape index (κ3) is 8.25. The molecule has 0 radical (unpaired) electrons. The predicted octanol–water partition coefficient (Wildman–Crippen LogP) is 2.71. The number of ether oxygens (including phenoxy) is 2. The van der Waals surface area contributed by atoms with E-state index in [9.17, 15) is 22.8 Å². The van der Waals surface area contributed by atoms with Crippen LogP contribution in [0.1, 0.15) is 18.1 Å². The molecule has 1 unspecified atom stereocenters. The minimum absolute atomic E-state index is 0.247. The molecule has 8 nitrogen and oxygen atoms in total. The van der Waals surface area contributed by atoms with E-state index in [1.54, 1.807) is 0 Å². The highest BCUT2D eigenvalue weighted by Crippen LogP contribution is 2.24. The summed E-state index contributed by atoms with van der Waals surface area (Å²) in [4.78, 5) is 25.8. The lowest BCUT2D eigenvalue weighted by atomic mass is 10.1. The van der Waals surface area contributed by atoms with Gasteiger partial charge in [-0.25, -0.2) is 9.59 Å². The van der Waals surface area contributed by atoms with Gasteiger partial charge in [-0.15, -0.1) is 0 Å². The van der Waals surface area contributed by atoms with Crippen LogP contribution in [0, 0.1) is 6.92 Å². The van der Waals surface area contributed by atoms with Crippen molar-refractivity contribution in [3.05, 3.63) is 29.3 Å². The molecule has 0 spiro atoms. The summed E-state index contributed by atoms with van der Waals surface area (Å²) in [6.07, 6.45) is -7.67. The van der Waals surface area contributed by atoms with Gasteiger partial charge >= 0.3 is 18.2 Å². The fourth-order valence-electron chi connectivity index (χ4n) is 3.03. The molecule has 1 aromatic rings. The summed E-state index contributed by atoms with van der Waals surface area (Å²) in [5, 5.41) is 11.8. The smallest absolute Gasteiger partial charge is 0.425 e. The number of rotatable bonds is 9. The van der Waals surface area contributed by atoms with Crippen LogP contribution in [-0.4, -0.2) is 85.2 Å². The lowest BCUT2D eigenvalue weighted by molar-refractivity contribution is -0.200. The van der Waals surface area contributed by atoms with E-state index >= 15 is 0 Å². The summed E-state index contributed by atoms with van der Waals surface area (Å²) in [5.74, 6) is -1.02. The van der Waals surface area contributed by atoms with Crippen LogP contribution in [0.15, 0.2) is 18.2 Å². The minimum Gasteiger partial charge on any atom is -0.480 e. The number of carbonyl (C=O) groups is 2. The number of carboxylic acids is 1. The molecule has 0 aromatic heterocycles. The number of piperazine rings is 1. The molecule has 1 heterocycles. The zero-order valence-corrected chi connectivity index (χ0v) is 17.6. The first-order chi connectivity index (χ1) is 14.6. The largest absolute Gasteiger partial charge is 0.480 e. The lowest BCUT2D eigenvalue weighted by Crippen LogP contribution is -2.49. The quantitative estimate of drug-likeness (QED) is 0.563. The van der Waals surface area contributed by atoms with Crippen LogP contribution in [-0.2, 0) is 20.8 Å². The van der Waals surface area contributed by atoms with Gasteiger partial charge in [-0.2, -0.15) is 13.2 Å². The molecule has 1 saturated heterocycles. The summed E-state index contributed by atoms with van der Waals surface area (Å²) >= 11 is 0. The van der Waals surface area contributed by atoms with Gasteiger partial charge in [-0.3, -0.25) is 4.90 Å². The lowest BCUT2D eigenvalue weighted by Gasteiger charge is -2.35. The van der Waals surface area contributed by atoms with Crippen LogP contribution in [0.5, 0.6) is 0 Å². The fraction of sp³-hybridized carbons (Fsp3) is 0.600. The Balaban J connectivity index is 1.84. The molecule has 1 aliphatic rings. The second-order valence-electron chi connectivity index (χ2n) is 7.36. The molecule has 31 heavy (non-hydrogen) atoms. The standard InChI is InChI=1S/C20H28F3N3O5/c1-14-3-4-16(17(11-14)24-5-10-30-13-18(27)28)12-25-6-8-26(9-7-25)19(29)31-15(2)20(21,22)23/h3-4,11,15,24H,5-10,12-13H2,1-2H3,(H,27,28). The third-order valence-electron chi connectivity index (χ3n) is 4.82. The first-order valence-corrected chi connectivity index (χ1v) is 9.94. The van der Waals surface area contributed by atoms with Gasteiger partial charge in [0.25, 0.3) is 0 Å². The second kappa shape index (κ2) is 11.2. The highest BCUT2D eigenvalue weighted by Gasteiger charge is 2.40. The summed E-state index contributed by atoms with van der Waals surface area (Å²) in [6.45, 7) is 5.28. The van der Waals surface area contributed by atoms with Gasteiger partial charge in [-0.1, -0.05) is 12.1 Å². The van der Waals surface area contributed by atoms with Gasteiger partial charge in [0.15, 0.2) is 6.10 Å². The Bertz CT molecular complexity index is 752. The van der Waals surface area contributed by atoms with Crippen LogP contribution in [0.4, 0.5) is 23.7 Å². The number of carbonyl (C=O) groups excluding carboxylic acids is 1. The van der Waals surface area contributed by atoms with Gasteiger partial charge in [0, 0.05) is 45.0 Å². The van der Waals surface area contributed by atoms with Crippen LogP contribution in [0.2, 0.25) is 0 Å². The molecule has 174 valence electrons. The number of halogens is 3. The summed E-state index contributed by atoms with van der Waals surface area (Å²) in [7, 11) is 0. The normalized spacial score (nSPS) is 16.1. The number of nitrogens with zero attached hydrogens (tertiary/aromatic N) is 2. The van der Waals surface area contributed by atoms with E-state index in [0.717, 1.165) is 23.7 Å². The molecule has 11 heteroatoms. The number of aliphatic carboxylic acids is 1. The zero-order chi connectivity index (χ0) is 23.0. The van der Waals surface area contributed by atoms with Crippen LogP contribution >= 0.6 is 0 Å². The highest BCUT2D eigenvalue weighted by atomic mass is 19.4. The minimum atomic E-state index is -4.58. The van der Waals surface area contributed by atoms with Crippen molar-refractivity contribution in [2.75, 3.05) is 51.3 Å². The SMILES string of the molecule is Cc1ccc(CN2CCN(C(=O)OC(C)C(F)(F)F)CC2)c(NCCOCC(=O)O)c1. The number of alkyl halides is 3. The van der Waals surface area contributed by atoms with Crippen LogP contribution in [0.3, 0.4) is 0 Å². The van der Waals surface area contributed by atoms with Gasteiger partial charge in [0.2, 0.25) is 0 Å². The van der Waals surface area contributed by atoms with Crippen molar-refractivity contribution in [3.63, 3.8) is 0 Å². The molecule has 0 aliphatic carbocycles. The van der Waals surface area contributed by atoms with E-state index < -0.39 is 24.3 Å². The van der Waals surface area contributed by atoms with Crippen molar-refractivity contribution in [3.8, 4) is 0 Å². The Morgan fingerprint density at radius 3 is 2.52 bits per heavy atom. The first-order valence-electron chi connectivity index (χ1n) is 9.94. The fourth-order valence-corrected chi connectivity index (χ4v) is 3.03. The molecular weight excluding hydrogens is 419 g/mol. The van der Waals surface area contributed by atoms with Crippen molar-refractivity contribution in [1.29, 1.82) is 0 Å². The van der Waals surface area contributed by atoms with Crippen molar-refractivity contribution in [1.82, 2.24) is 9.80 Å². The van der Waals surface area contributed by atoms with Crippen molar-refractivity contribution in [2.45, 2.75) is 32.7 Å². The van der Waals surface area contributed by atoms with Gasteiger partial charge in [0.1, 0.15) is 6.61 Å². The number of carboxylic acid groups (broad SMARTS) is 1. The van der Waals surface area contributed by atoms with Gasteiger partial charge in [-0.05, 0) is 31.0 Å². The number of anilines is 1. The molecule has 0 bridgehead atoms. The molecule has 0 saturated carbocycles. The van der Waals surface area contributed by atoms with E-state index in [1.165, 1.54) is 4.90 Å². The second-order valence-corrected chi connectivity index (χ2v) is 7.36. The van der Waals surface area contributed by atoms with Crippen molar-refractivity contribution in [2.24, 2.45) is 0 Å². The van der Waals surface area contributed by atoms with E-state index in [-0.39, 0.29) is 26.3 Å². The molecule has 1 amide bonds. The Kier molecular flexibility index (Phi) is 8.93. The zero-order valence-electron chi connectivity index (χ0n) is 17.6. The van der Waals surface area contributed by atoms with E-state index in [1.807, 2.05) is 25.1 Å². The van der Waals surface area contributed by atoms with Crippen molar-refractivity contribution >= 4 is 17.7 Å². The Labute approximate surface area is 178 Å². The monoisotopic (exact) mass is 447 g/mol. The molecule has 1 aliphatic heterocycles. The maximum atomic E-state index is 12.6. The highest BCUT2D eigenvalue weighted by molar-refractivity contribution is 5.68. The van der Waals surface area contributed by atoms with Crippen LogP contribution in [0.25, 0.3) is 0 Å². The average Bonchev–Trinajstić information content (AvgIpc) is 2.69. The third-order valence-corrected chi connectivity index (χ3v) is 4.82. The van der Waals surface area contributed by atoms with E-state index in [2.05, 4.69) is 15.0 Å². The average molecular weight is 447 g/mol. The molecule has 1 atom stereocenters. The number of amides is 1. The molecule has 2 N–H and O–H groups in total. The Hall–Kier alpha value is -2.53. The number of benzene rings is 1. The van der Waals surface area contributed by atoms with Gasteiger partial charge < -0.3 is 24.8 Å². The van der Waals surface area contributed by atoms with Gasteiger partial charge in [0.05, 0.1) is 6.61 Å². The maximum Gasteiger partial charge on any atom is 0.425 e. The predicted molar refractivity (Wildman–Crippen MR) is 107 cm³/mol. The Morgan fingerprint density at radius 2 is 1.90 bits per heavy atom. The molecule has 1 aromatic carbocycles. The number of hydrogen-bond donors (Lipinski definition) is 2.